The first kappa shape index (κ1) is 17.4. The van der Waals surface area contributed by atoms with Crippen molar-refractivity contribution >= 4 is 6.03 Å². The summed E-state index contributed by atoms with van der Waals surface area (Å²) < 4.78 is 5.16. The van der Waals surface area contributed by atoms with E-state index >= 15 is 0 Å². The Hall–Kier alpha value is -2.41. The van der Waals surface area contributed by atoms with E-state index < -0.39 is 0 Å². The number of nitrogens with one attached hydrogen (secondary N) is 2. The van der Waals surface area contributed by atoms with Crippen LogP contribution in [0, 0.1) is 0 Å². The summed E-state index contributed by atoms with van der Waals surface area (Å²) in [6.45, 7) is 3.27. The van der Waals surface area contributed by atoms with Crippen LogP contribution in [0.1, 0.15) is 38.1 Å². The number of ether oxygens (including phenoxy) is 1. The first-order valence-corrected chi connectivity index (χ1v) is 8.76. The van der Waals surface area contributed by atoms with Crippen molar-refractivity contribution in [3.63, 3.8) is 0 Å². The second-order valence-electron chi connectivity index (χ2n) is 6.27. The highest BCUT2D eigenvalue weighted by Gasteiger charge is 2.33. The largest absolute Gasteiger partial charge is 0.383 e. The average Bonchev–Trinajstić information content (AvgIpc) is 3.31. The van der Waals surface area contributed by atoms with Crippen molar-refractivity contribution < 1.29 is 9.53 Å². The Kier molecular flexibility index (Phi) is 5.65. The van der Waals surface area contributed by atoms with Gasteiger partial charge in [0.25, 0.3) is 0 Å². The number of amides is 2. The van der Waals surface area contributed by atoms with Crippen LogP contribution in [0.4, 0.5) is 4.79 Å². The number of benzene rings is 1. The summed E-state index contributed by atoms with van der Waals surface area (Å²) in [4.78, 5) is 19.1. The lowest BCUT2D eigenvalue weighted by Gasteiger charge is -2.26. The number of hydrogen-bond acceptors (Lipinski definition) is 4. The predicted molar refractivity (Wildman–Crippen MR) is 95.0 cm³/mol. The molecule has 0 unspecified atom stereocenters. The average molecular weight is 343 g/mol. The lowest BCUT2D eigenvalue weighted by atomic mass is 10.2. The molecule has 2 aromatic rings. The van der Waals surface area contributed by atoms with Crippen LogP contribution < -0.4 is 5.32 Å². The summed E-state index contributed by atoms with van der Waals surface area (Å²) in [7, 11) is 1.65. The lowest BCUT2D eigenvalue weighted by molar-refractivity contribution is 0.150. The third-order valence-electron chi connectivity index (χ3n) is 4.55. The molecule has 1 aliphatic rings. The molecule has 1 fully saturated rings. The van der Waals surface area contributed by atoms with Gasteiger partial charge in [-0.1, -0.05) is 37.3 Å². The Bertz CT molecular complexity index is 688. The van der Waals surface area contributed by atoms with Crippen LogP contribution in [-0.4, -0.2) is 52.4 Å². The first-order valence-electron chi connectivity index (χ1n) is 8.76. The second kappa shape index (κ2) is 8.11. The molecule has 1 aromatic carbocycles. The van der Waals surface area contributed by atoms with Crippen molar-refractivity contribution in [1.82, 2.24) is 25.4 Å². The van der Waals surface area contributed by atoms with Gasteiger partial charge in [0.1, 0.15) is 5.82 Å². The molecule has 7 nitrogen and oxygen atoms in total. The molecule has 1 aromatic heterocycles. The molecule has 0 aliphatic carbocycles. The molecule has 1 saturated heterocycles. The summed E-state index contributed by atoms with van der Waals surface area (Å²) in [6.07, 6.45) is 2.68. The van der Waals surface area contributed by atoms with Crippen LogP contribution in [0.25, 0.3) is 11.4 Å². The zero-order valence-corrected chi connectivity index (χ0v) is 14.7. The first-order chi connectivity index (χ1) is 12.2. The fourth-order valence-electron chi connectivity index (χ4n) is 3.15. The van der Waals surface area contributed by atoms with Crippen LogP contribution in [0.2, 0.25) is 0 Å². The molecule has 25 heavy (non-hydrogen) atoms. The summed E-state index contributed by atoms with van der Waals surface area (Å²) in [5.74, 6) is 1.40. The highest BCUT2D eigenvalue weighted by Crippen LogP contribution is 2.30. The lowest BCUT2D eigenvalue weighted by Crippen LogP contribution is -2.46. The third kappa shape index (κ3) is 3.99. The van der Waals surface area contributed by atoms with Gasteiger partial charge in [0, 0.05) is 19.2 Å². The molecule has 2 N–H and O–H groups in total. The molecule has 1 aliphatic heterocycles. The number of nitrogens with zero attached hydrogens (tertiary/aromatic N) is 3. The normalized spacial score (nSPS) is 18.3. The van der Waals surface area contributed by atoms with Gasteiger partial charge < -0.3 is 15.0 Å². The van der Waals surface area contributed by atoms with Gasteiger partial charge in [0.05, 0.1) is 18.7 Å². The molecule has 0 radical (unpaired) electrons. The number of methoxy groups -OCH3 is 1. The summed E-state index contributed by atoms with van der Waals surface area (Å²) in [5, 5.41) is 10.4. The van der Waals surface area contributed by atoms with E-state index in [1.54, 1.807) is 7.11 Å². The molecule has 2 heterocycles. The summed E-state index contributed by atoms with van der Waals surface area (Å²) >= 11 is 0. The van der Waals surface area contributed by atoms with Crippen LogP contribution in [-0.2, 0) is 4.74 Å². The Morgan fingerprint density at radius 2 is 2.24 bits per heavy atom. The number of aromatic amines is 1. The monoisotopic (exact) mass is 343 g/mol. The quantitative estimate of drug-likeness (QED) is 0.845. The highest BCUT2D eigenvalue weighted by atomic mass is 16.5. The Labute approximate surface area is 147 Å². The maximum Gasteiger partial charge on any atom is 0.318 e. The van der Waals surface area contributed by atoms with E-state index in [9.17, 15) is 4.79 Å². The molecule has 0 spiro atoms. The molecule has 134 valence electrons. The fourth-order valence-corrected chi connectivity index (χ4v) is 3.15. The van der Waals surface area contributed by atoms with Crippen molar-refractivity contribution in [1.29, 1.82) is 0 Å². The number of hydrogen-bond donors (Lipinski definition) is 2. The molecule has 0 bridgehead atoms. The molecule has 7 heteroatoms. The van der Waals surface area contributed by atoms with Gasteiger partial charge in [-0.15, -0.1) is 0 Å². The summed E-state index contributed by atoms with van der Waals surface area (Å²) in [5.41, 5.74) is 0.963. The third-order valence-corrected chi connectivity index (χ3v) is 4.55. The van der Waals surface area contributed by atoms with Gasteiger partial charge in [0.2, 0.25) is 0 Å². The number of likely N-dealkylation sites (tertiary alicyclic amines) is 1. The SMILES string of the molecule is CC[C@@H](COC)NC(=O)N1CCC[C@@H]1c1nc(-c2ccccc2)n[nH]1. The minimum atomic E-state index is -0.0657. The van der Waals surface area contributed by atoms with E-state index in [-0.39, 0.29) is 18.1 Å². The number of H-pyrrole nitrogens is 1. The molecule has 2 amide bonds. The predicted octanol–water partition coefficient (Wildman–Crippen LogP) is 2.74. The van der Waals surface area contributed by atoms with Crippen molar-refractivity contribution in [2.75, 3.05) is 20.3 Å². The van der Waals surface area contributed by atoms with Gasteiger partial charge >= 0.3 is 6.03 Å². The van der Waals surface area contributed by atoms with Crippen LogP contribution in [0.3, 0.4) is 0 Å². The van der Waals surface area contributed by atoms with Crippen molar-refractivity contribution in [2.45, 2.75) is 38.3 Å². The standard InChI is InChI=1S/C18H25N5O2/c1-3-14(12-25-2)19-18(24)23-11-7-10-15(23)17-20-16(21-22-17)13-8-5-4-6-9-13/h4-6,8-9,14-15H,3,7,10-12H2,1-2H3,(H,19,24)(H,20,21,22)/t14-,15+/m0/s1. The van der Waals surface area contributed by atoms with E-state index in [0.29, 0.717) is 12.4 Å². The Morgan fingerprint density at radius 1 is 1.44 bits per heavy atom. The minimum absolute atomic E-state index is 0.0216. The number of urea groups is 1. The second-order valence-corrected chi connectivity index (χ2v) is 6.27. The van der Waals surface area contributed by atoms with E-state index in [2.05, 4.69) is 20.5 Å². The van der Waals surface area contributed by atoms with Crippen LogP contribution in [0.15, 0.2) is 30.3 Å². The zero-order chi connectivity index (χ0) is 17.6. The fraction of sp³-hybridized carbons (Fsp3) is 0.500. The van der Waals surface area contributed by atoms with Gasteiger partial charge in [-0.25, -0.2) is 9.78 Å². The van der Waals surface area contributed by atoms with Crippen LogP contribution in [0.5, 0.6) is 0 Å². The Morgan fingerprint density at radius 3 is 2.96 bits per heavy atom. The van der Waals surface area contributed by atoms with E-state index in [1.807, 2.05) is 42.2 Å². The minimum Gasteiger partial charge on any atom is -0.383 e. The number of carbonyl (C=O) groups is 1. The molecular formula is C18H25N5O2. The number of carbonyl (C=O) groups excluding carboxylic acids is 1. The smallest absolute Gasteiger partial charge is 0.318 e. The van der Waals surface area contributed by atoms with E-state index in [4.69, 9.17) is 4.74 Å². The van der Waals surface area contributed by atoms with E-state index in [0.717, 1.165) is 37.2 Å². The van der Waals surface area contributed by atoms with Gasteiger partial charge in [-0.3, -0.25) is 5.10 Å². The van der Waals surface area contributed by atoms with Crippen molar-refractivity contribution in [3.05, 3.63) is 36.2 Å². The highest BCUT2D eigenvalue weighted by molar-refractivity contribution is 5.75. The van der Waals surface area contributed by atoms with Gasteiger partial charge in [-0.05, 0) is 19.3 Å². The Balaban J connectivity index is 1.71. The molecule has 3 rings (SSSR count). The topological polar surface area (TPSA) is 83.1 Å². The number of rotatable bonds is 6. The zero-order valence-electron chi connectivity index (χ0n) is 14.7. The molecule has 0 saturated carbocycles. The van der Waals surface area contributed by atoms with Gasteiger partial charge in [-0.2, -0.15) is 5.10 Å². The molecule has 2 atom stereocenters. The maximum absolute atomic E-state index is 12.6. The number of aromatic nitrogens is 3. The maximum atomic E-state index is 12.6. The summed E-state index contributed by atoms with van der Waals surface area (Å²) in [6, 6.07) is 9.72. The van der Waals surface area contributed by atoms with Crippen LogP contribution >= 0.6 is 0 Å². The van der Waals surface area contributed by atoms with Gasteiger partial charge in [0.15, 0.2) is 5.82 Å². The van der Waals surface area contributed by atoms with Crippen molar-refractivity contribution in [2.24, 2.45) is 0 Å². The van der Waals surface area contributed by atoms with E-state index in [1.165, 1.54) is 0 Å². The van der Waals surface area contributed by atoms with Crippen molar-refractivity contribution in [3.8, 4) is 11.4 Å². The molecular weight excluding hydrogens is 318 g/mol.